The Bertz CT molecular complexity index is 740. The Hall–Kier alpha value is -1.69. The molecule has 1 aromatic carbocycles. The van der Waals surface area contributed by atoms with Gasteiger partial charge in [0.25, 0.3) is 0 Å². The number of carbonyl (C=O) groups is 2. The van der Waals surface area contributed by atoms with E-state index in [9.17, 15) is 9.59 Å². The zero-order chi connectivity index (χ0) is 26.0. The zero-order valence-electron chi connectivity index (χ0n) is 23.1. The molecule has 0 bridgehead atoms. The van der Waals surface area contributed by atoms with Crippen molar-refractivity contribution in [1.82, 2.24) is 10.2 Å². The fourth-order valence-corrected chi connectivity index (χ4v) is 6.28. The lowest BCUT2D eigenvalue weighted by molar-refractivity contribution is -0.131. The number of ether oxygens (including phenoxy) is 1. The van der Waals surface area contributed by atoms with Crippen molar-refractivity contribution in [2.45, 2.75) is 122 Å². The van der Waals surface area contributed by atoms with E-state index >= 15 is 0 Å². The van der Waals surface area contributed by atoms with Gasteiger partial charge in [0.2, 0.25) is 11.8 Å². The van der Waals surface area contributed by atoms with Gasteiger partial charge in [-0.1, -0.05) is 109 Å². The molecule has 1 aliphatic heterocycles. The van der Waals surface area contributed by atoms with Crippen molar-refractivity contribution in [3.8, 4) is 5.75 Å². The van der Waals surface area contributed by atoms with Crippen LogP contribution in [-0.4, -0.2) is 42.2 Å². The van der Waals surface area contributed by atoms with Gasteiger partial charge in [0.1, 0.15) is 11.1 Å². The number of carbonyl (C=O) groups excluding carboxylic acids is 2. The van der Waals surface area contributed by atoms with Crippen LogP contribution in [-0.2, 0) is 9.59 Å². The first-order valence-electron chi connectivity index (χ1n) is 14.4. The highest BCUT2D eigenvalue weighted by molar-refractivity contribution is 8.00. The number of hydrogen-bond donors (Lipinski definition) is 1. The molecule has 2 atom stereocenters. The van der Waals surface area contributed by atoms with Gasteiger partial charge in [-0.2, -0.15) is 0 Å². The number of nitrogens with zero attached hydrogens (tertiary/aromatic N) is 1. The summed E-state index contributed by atoms with van der Waals surface area (Å²) in [5.74, 6) is 1.44. The molecule has 36 heavy (non-hydrogen) atoms. The maximum absolute atomic E-state index is 12.9. The van der Waals surface area contributed by atoms with E-state index in [2.05, 4.69) is 12.2 Å². The second kappa shape index (κ2) is 18.5. The van der Waals surface area contributed by atoms with Crippen molar-refractivity contribution in [3.63, 3.8) is 0 Å². The van der Waals surface area contributed by atoms with Gasteiger partial charge in [-0.25, -0.2) is 0 Å². The van der Waals surface area contributed by atoms with Crippen LogP contribution in [0.5, 0.6) is 5.75 Å². The number of amides is 2. The third kappa shape index (κ3) is 11.6. The van der Waals surface area contributed by atoms with Crippen molar-refractivity contribution < 1.29 is 14.3 Å². The Balaban J connectivity index is 1.71. The highest BCUT2D eigenvalue weighted by Crippen LogP contribution is 2.41. The van der Waals surface area contributed by atoms with Crippen molar-refractivity contribution >= 4 is 23.6 Å². The summed E-state index contributed by atoms with van der Waals surface area (Å²) in [6.45, 7) is 4.34. The van der Waals surface area contributed by atoms with Gasteiger partial charge in [0, 0.05) is 13.5 Å². The minimum absolute atomic E-state index is 0.00573. The smallest absolute Gasteiger partial charge is 0.234 e. The van der Waals surface area contributed by atoms with Crippen LogP contribution < -0.4 is 10.1 Å². The Morgan fingerprint density at radius 2 is 1.47 bits per heavy atom. The molecule has 1 aromatic rings. The van der Waals surface area contributed by atoms with E-state index in [1.165, 1.54) is 83.5 Å². The normalized spacial score (nSPS) is 16.4. The molecule has 6 heteroatoms. The Morgan fingerprint density at radius 3 is 1.97 bits per heavy atom. The summed E-state index contributed by atoms with van der Waals surface area (Å²) >= 11 is 1.67. The van der Waals surface area contributed by atoms with E-state index < -0.39 is 0 Å². The van der Waals surface area contributed by atoms with Crippen molar-refractivity contribution in [2.24, 2.45) is 0 Å². The topological polar surface area (TPSA) is 58.6 Å². The number of thioether (sulfide) groups is 1. The molecule has 0 radical (unpaired) electrons. The quantitative estimate of drug-likeness (QED) is 0.180. The molecule has 1 heterocycles. The molecule has 0 saturated carbocycles. The van der Waals surface area contributed by atoms with Crippen molar-refractivity contribution in [2.75, 3.05) is 19.4 Å². The van der Waals surface area contributed by atoms with Gasteiger partial charge in [-0.05, 0) is 24.1 Å². The molecule has 0 aliphatic carbocycles. The average Bonchev–Trinajstić information content (AvgIpc) is 3.27. The number of benzene rings is 1. The average molecular weight is 519 g/mol. The van der Waals surface area contributed by atoms with E-state index in [4.69, 9.17) is 4.74 Å². The van der Waals surface area contributed by atoms with Crippen LogP contribution in [0.4, 0.5) is 0 Å². The fraction of sp³-hybridized carbons (Fsp3) is 0.733. The lowest BCUT2D eigenvalue weighted by atomic mass is 10.0. The van der Waals surface area contributed by atoms with Crippen LogP contribution in [0.25, 0.3) is 0 Å². The van der Waals surface area contributed by atoms with E-state index in [-0.39, 0.29) is 23.2 Å². The van der Waals surface area contributed by atoms with E-state index in [0.717, 1.165) is 24.2 Å². The van der Waals surface area contributed by atoms with Gasteiger partial charge >= 0.3 is 0 Å². The van der Waals surface area contributed by atoms with Crippen molar-refractivity contribution in [1.29, 1.82) is 0 Å². The van der Waals surface area contributed by atoms with Gasteiger partial charge in [0.05, 0.1) is 18.9 Å². The molecule has 1 aliphatic rings. The van der Waals surface area contributed by atoms with E-state index in [0.29, 0.717) is 12.3 Å². The molecule has 1 N–H and O–H groups in total. The third-order valence-electron chi connectivity index (χ3n) is 7.18. The maximum atomic E-state index is 12.9. The number of unbranched alkanes of at least 4 members (excludes halogenated alkanes) is 13. The summed E-state index contributed by atoms with van der Waals surface area (Å²) in [6, 6.07) is 8.02. The molecule has 1 fully saturated rings. The minimum atomic E-state index is -0.0405. The van der Waals surface area contributed by atoms with Crippen molar-refractivity contribution in [3.05, 3.63) is 29.8 Å². The first-order chi connectivity index (χ1) is 17.6. The largest absolute Gasteiger partial charge is 0.497 e. The molecular weight excluding hydrogens is 468 g/mol. The summed E-state index contributed by atoms with van der Waals surface area (Å²) in [6.07, 6.45) is 19.6. The summed E-state index contributed by atoms with van der Waals surface area (Å²) in [7, 11) is 1.66. The predicted molar refractivity (Wildman–Crippen MR) is 152 cm³/mol. The van der Waals surface area contributed by atoms with Gasteiger partial charge in [-0.15, -0.1) is 11.8 Å². The number of methoxy groups -OCH3 is 1. The first-order valence-corrected chi connectivity index (χ1v) is 15.4. The molecule has 2 rings (SSSR count). The van der Waals surface area contributed by atoms with Crippen LogP contribution in [0.15, 0.2) is 24.3 Å². The monoisotopic (exact) mass is 518 g/mol. The van der Waals surface area contributed by atoms with Crippen LogP contribution >= 0.6 is 11.8 Å². The first kappa shape index (κ1) is 30.5. The maximum Gasteiger partial charge on any atom is 0.234 e. The second-order valence-electron chi connectivity index (χ2n) is 10.2. The van der Waals surface area contributed by atoms with Crippen LogP contribution in [0.2, 0.25) is 0 Å². The molecule has 5 nitrogen and oxygen atoms in total. The summed E-state index contributed by atoms with van der Waals surface area (Å²) in [4.78, 5) is 26.5. The minimum Gasteiger partial charge on any atom is -0.497 e. The second-order valence-corrected chi connectivity index (χ2v) is 11.3. The van der Waals surface area contributed by atoms with Gasteiger partial charge < -0.3 is 15.0 Å². The summed E-state index contributed by atoms with van der Waals surface area (Å²) in [5.41, 5.74) is 1.11. The Morgan fingerprint density at radius 1 is 0.944 bits per heavy atom. The van der Waals surface area contributed by atoms with Gasteiger partial charge in [0.15, 0.2) is 0 Å². The molecule has 2 unspecified atom stereocenters. The number of nitrogens with one attached hydrogen (secondary N) is 1. The lowest BCUT2D eigenvalue weighted by Gasteiger charge is -2.33. The SMILES string of the molecule is CCCCCCCCCCCCCCCCC(CNC(C)=O)N1C(=O)CSC1c1ccc(OC)cc1. The van der Waals surface area contributed by atoms with E-state index in [1.807, 2.05) is 29.2 Å². The van der Waals surface area contributed by atoms with Crippen LogP contribution in [0.3, 0.4) is 0 Å². The summed E-state index contributed by atoms with van der Waals surface area (Å²) < 4.78 is 5.29. The standard InChI is InChI=1S/C30H50N2O3S/c1-4-5-6-7-8-9-10-11-12-13-14-15-16-17-18-27(23-31-25(2)33)32-29(34)24-36-30(32)26-19-21-28(35-3)22-20-26/h19-22,27,30H,4-18,23-24H2,1-3H3,(H,31,33). The molecule has 1 saturated heterocycles. The van der Waals surface area contributed by atoms with Gasteiger partial charge in [-0.3, -0.25) is 9.59 Å². The summed E-state index contributed by atoms with van der Waals surface area (Å²) in [5, 5.41) is 2.97. The highest BCUT2D eigenvalue weighted by atomic mass is 32.2. The fourth-order valence-electron chi connectivity index (χ4n) is 5.03. The molecule has 0 spiro atoms. The number of rotatable bonds is 20. The van der Waals surface area contributed by atoms with Crippen LogP contribution in [0, 0.1) is 0 Å². The lowest BCUT2D eigenvalue weighted by Crippen LogP contribution is -2.45. The number of hydrogen-bond acceptors (Lipinski definition) is 4. The molecule has 204 valence electrons. The molecular formula is C30H50N2O3S. The molecule has 2 amide bonds. The Labute approximate surface area is 224 Å². The Kier molecular flexibility index (Phi) is 15.7. The third-order valence-corrected chi connectivity index (χ3v) is 8.41. The van der Waals surface area contributed by atoms with Crippen LogP contribution in [0.1, 0.15) is 121 Å². The predicted octanol–water partition coefficient (Wildman–Crippen LogP) is 7.65. The highest BCUT2D eigenvalue weighted by Gasteiger charge is 2.37. The van der Waals surface area contributed by atoms with E-state index in [1.54, 1.807) is 25.8 Å². The zero-order valence-corrected chi connectivity index (χ0v) is 23.9. The molecule has 0 aromatic heterocycles.